The van der Waals surface area contributed by atoms with Gasteiger partial charge >= 0.3 is 0 Å². The molecule has 21 heavy (non-hydrogen) atoms. The lowest BCUT2D eigenvalue weighted by atomic mass is 10.1. The van der Waals surface area contributed by atoms with Gasteiger partial charge in [-0.25, -0.2) is 26.5 Å². The summed E-state index contributed by atoms with van der Waals surface area (Å²) in [5, 5.41) is 0. The van der Waals surface area contributed by atoms with Crippen LogP contribution in [0.3, 0.4) is 0 Å². The topological polar surface area (TPSA) is 122 Å². The molecule has 10 heteroatoms. The van der Waals surface area contributed by atoms with Crippen LogP contribution in [-0.4, -0.2) is 51.5 Å². The van der Waals surface area contributed by atoms with Gasteiger partial charge in [0.1, 0.15) is 10.7 Å². The summed E-state index contributed by atoms with van der Waals surface area (Å²) in [6, 6.07) is 2.62. The van der Waals surface area contributed by atoms with E-state index in [9.17, 15) is 16.8 Å². The molecule has 2 heterocycles. The Morgan fingerprint density at radius 1 is 1.24 bits per heavy atom. The summed E-state index contributed by atoms with van der Waals surface area (Å²) in [5.41, 5.74) is 5.44. The smallest absolute Gasteiger partial charge is 0.244 e. The lowest BCUT2D eigenvalue weighted by Gasteiger charge is -2.31. The van der Waals surface area contributed by atoms with Gasteiger partial charge in [-0.3, -0.25) is 0 Å². The van der Waals surface area contributed by atoms with E-state index in [1.807, 2.05) is 0 Å². The monoisotopic (exact) mass is 334 g/mol. The van der Waals surface area contributed by atoms with Crippen molar-refractivity contribution in [3.05, 3.63) is 18.3 Å². The zero-order valence-electron chi connectivity index (χ0n) is 11.6. The molecule has 2 rings (SSSR count). The summed E-state index contributed by atoms with van der Waals surface area (Å²) in [7, 11) is -6.88. The minimum absolute atomic E-state index is 0.0891. The maximum Gasteiger partial charge on any atom is 0.244 e. The summed E-state index contributed by atoms with van der Waals surface area (Å²) in [5.74, 6) is 0.255. The van der Waals surface area contributed by atoms with E-state index in [1.54, 1.807) is 0 Å². The lowest BCUT2D eigenvalue weighted by Crippen LogP contribution is -2.46. The molecule has 118 valence electrons. The lowest BCUT2D eigenvalue weighted by molar-refractivity contribution is 0.308. The molecule has 1 aliphatic heterocycles. The van der Waals surface area contributed by atoms with Crippen LogP contribution in [0.4, 0.5) is 5.82 Å². The molecule has 0 radical (unpaired) electrons. The van der Waals surface area contributed by atoms with Crippen LogP contribution in [0.5, 0.6) is 0 Å². The largest absolute Gasteiger partial charge is 0.384 e. The second-order valence-electron chi connectivity index (χ2n) is 4.99. The molecule has 0 spiro atoms. The van der Waals surface area contributed by atoms with Crippen LogP contribution in [0.2, 0.25) is 0 Å². The average molecular weight is 334 g/mol. The number of nitrogens with two attached hydrogens (primary N) is 1. The van der Waals surface area contributed by atoms with Gasteiger partial charge in [-0.1, -0.05) is 0 Å². The Balaban J connectivity index is 2.06. The first kappa shape index (κ1) is 16.1. The van der Waals surface area contributed by atoms with Crippen LogP contribution in [0, 0.1) is 0 Å². The molecule has 0 amide bonds. The van der Waals surface area contributed by atoms with E-state index >= 15 is 0 Å². The molecule has 1 aromatic rings. The van der Waals surface area contributed by atoms with E-state index < -0.39 is 20.0 Å². The number of nitrogen functional groups attached to an aromatic ring is 1. The highest BCUT2D eigenvalue weighted by atomic mass is 32.2. The van der Waals surface area contributed by atoms with Crippen LogP contribution in [0.25, 0.3) is 0 Å². The molecule has 0 unspecified atom stereocenters. The highest BCUT2D eigenvalue weighted by molar-refractivity contribution is 7.89. The molecule has 1 aromatic heterocycles. The third-order valence-corrected chi connectivity index (χ3v) is 5.88. The zero-order valence-corrected chi connectivity index (χ0v) is 13.2. The van der Waals surface area contributed by atoms with Crippen molar-refractivity contribution in [2.45, 2.75) is 23.8 Å². The average Bonchev–Trinajstić information content (AvgIpc) is 2.38. The summed E-state index contributed by atoms with van der Waals surface area (Å²) in [6.45, 7) is 0.528. The Bertz CT molecular complexity index is 692. The number of aromatic nitrogens is 1. The predicted molar refractivity (Wildman–Crippen MR) is 78.4 cm³/mol. The maximum absolute atomic E-state index is 12.4. The fourth-order valence-electron chi connectivity index (χ4n) is 2.21. The Morgan fingerprint density at radius 3 is 2.33 bits per heavy atom. The molecule has 0 bridgehead atoms. The number of nitrogens with one attached hydrogen (secondary N) is 1. The van der Waals surface area contributed by atoms with E-state index in [1.165, 1.54) is 22.6 Å². The van der Waals surface area contributed by atoms with Gasteiger partial charge in [0.15, 0.2) is 0 Å². The Morgan fingerprint density at radius 2 is 1.86 bits per heavy atom. The standard InChI is InChI=1S/C11H18N4O4S2/c1-20(16,17)14-9-4-6-15(7-5-9)21(18,19)10-2-3-11(12)13-8-10/h2-3,8-9,14H,4-7H2,1H3,(H2,12,13). The van der Waals surface area contributed by atoms with Crippen LogP contribution >= 0.6 is 0 Å². The number of nitrogens with zero attached hydrogens (tertiary/aromatic N) is 2. The van der Waals surface area contributed by atoms with Crippen molar-refractivity contribution < 1.29 is 16.8 Å². The Labute approximate surface area is 124 Å². The van der Waals surface area contributed by atoms with Crippen molar-refractivity contribution in [1.29, 1.82) is 0 Å². The van der Waals surface area contributed by atoms with Crippen molar-refractivity contribution in [3.63, 3.8) is 0 Å². The predicted octanol–water partition coefficient (Wildman–Crippen LogP) is -0.634. The summed E-state index contributed by atoms with van der Waals surface area (Å²) >= 11 is 0. The van der Waals surface area contributed by atoms with Crippen LogP contribution in [0.1, 0.15) is 12.8 Å². The first-order valence-corrected chi connectivity index (χ1v) is 9.70. The quantitative estimate of drug-likeness (QED) is 0.755. The van der Waals surface area contributed by atoms with E-state index in [0.717, 1.165) is 6.26 Å². The molecule has 1 saturated heterocycles. The van der Waals surface area contributed by atoms with Crippen molar-refractivity contribution >= 4 is 25.9 Å². The van der Waals surface area contributed by atoms with E-state index in [0.29, 0.717) is 12.8 Å². The minimum atomic E-state index is -3.61. The maximum atomic E-state index is 12.4. The number of piperidine rings is 1. The third-order valence-electron chi connectivity index (χ3n) is 3.23. The molecule has 0 aromatic carbocycles. The summed E-state index contributed by atoms with van der Waals surface area (Å²) < 4.78 is 51.0. The fourth-order valence-corrected chi connectivity index (χ4v) is 4.47. The molecule has 1 aliphatic rings. The third kappa shape index (κ3) is 4.13. The second kappa shape index (κ2) is 5.87. The summed E-state index contributed by atoms with van der Waals surface area (Å²) in [6.07, 6.45) is 3.20. The van der Waals surface area contributed by atoms with Crippen molar-refractivity contribution in [2.75, 3.05) is 25.1 Å². The molecule has 3 N–H and O–H groups in total. The second-order valence-corrected chi connectivity index (χ2v) is 8.71. The van der Waals surface area contributed by atoms with Crippen LogP contribution in [0.15, 0.2) is 23.2 Å². The Kier molecular flexibility index (Phi) is 4.51. The molecule has 0 saturated carbocycles. The molecular weight excluding hydrogens is 316 g/mol. The fraction of sp³-hybridized carbons (Fsp3) is 0.545. The molecule has 0 atom stereocenters. The van der Waals surface area contributed by atoms with E-state index in [4.69, 9.17) is 5.73 Å². The molecular formula is C11H18N4O4S2. The number of rotatable bonds is 4. The minimum Gasteiger partial charge on any atom is -0.384 e. The normalized spacial score (nSPS) is 18.7. The number of pyridine rings is 1. The molecule has 0 aliphatic carbocycles. The number of anilines is 1. The van der Waals surface area contributed by atoms with Gasteiger partial charge in [0.25, 0.3) is 0 Å². The summed E-state index contributed by atoms with van der Waals surface area (Å²) in [4.78, 5) is 3.87. The number of hydrogen-bond donors (Lipinski definition) is 2. The van der Waals surface area contributed by atoms with Gasteiger partial charge in [-0.15, -0.1) is 0 Å². The molecule has 1 fully saturated rings. The SMILES string of the molecule is CS(=O)(=O)NC1CCN(S(=O)(=O)c2ccc(N)nc2)CC1. The first-order chi connectivity index (χ1) is 9.68. The van der Waals surface area contributed by atoms with E-state index in [-0.39, 0.29) is 29.8 Å². The Hall–Kier alpha value is -1.23. The highest BCUT2D eigenvalue weighted by Gasteiger charge is 2.30. The van der Waals surface area contributed by atoms with Crippen LogP contribution in [-0.2, 0) is 20.0 Å². The first-order valence-electron chi connectivity index (χ1n) is 6.37. The van der Waals surface area contributed by atoms with Crippen LogP contribution < -0.4 is 10.5 Å². The number of hydrogen-bond acceptors (Lipinski definition) is 6. The van der Waals surface area contributed by atoms with E-state index in [2.05, 4.69) is 9.71 Å². The van der Waals surface area contributed by atoms with Crippen molar-refractivity contribution in [1.82, 2.24) is 14.0 Å². The van der Waals surface area contributed by atoms with Crippen molar-refractivity contribution in [3.8, 4) is 0 Å². The van der Waals surface area contributed by atoms with Gasteiger partial charge < -0.3 is 5.73 Å². The van der Waals surface area contributed by atoms with Gasteiger partial charge in [-0.2, -0.15) is 4.31 Å². The van der Waals surface area contributed by atoms with Gasteiger partial charge in [0, 0.05) is 25.3 Å². The molecule has 8 nitrogen and oxygen atoms in total. The van der Waals surface area contributed by atoms with Gasteiger partial charge in [0.2, 0.25) is 20.0 Å². The number of sulfonamides is 2. The van der Waals surface area contributed by atoms with Gasteiger partial charge in [0.05, 0.1) is 6.26 Å². The van der Waals surface area contributed by atoms with Gasteiger partial charge in [-0.05, 0) is 25.0 Å². The zero-order chi connectivity index (χ0) is 15.7. The highest BCUT2D eigenvalue weighted by Crippen LogP contribution is 2.20. The van der Waals surface area contributed by atoms with Crippen molar-refractivity contribution in [2.24, 2.45) is 0 Å².